The number of nitrogens with zero attached hydrogens (tertiary/aromatic N) is 2. The summed E-state index contributed by atoms with van der Waals surface area (Å²) in [5.74, 6) is 0.0545. The van der Waals surface area contributed by atoms with E-state index in [4.69, 9.17) is 5.26 Å². The molecular formula is C16H16N2. The SMILES string of the molecule is N#CCC/C(=C1\CCCC1C#N)c1ccccc1. The molecule has 1 fully saturated rings. The lowest BCUT2D eigenvalue weighted by Crippen LogP contribution is -1.98. The minimum absolute atomic E-state index is 0.0545. The first kappa shape index (κ1) is 12.4. The van der Waals surface area contributed by atoms with Gasteiger partial charge in [-0.2, -0.15) is 10.5 Å². The van der Waals surface area contributed by atoms with E-state index >= 15 is 0 Å². The van der Waals surface area contributed by atoms with E-state index in [2.05, 4.69) is 24.3 Å². The van der Waals surface area contributed by atoms with Crippen molar-refractivity contribution in [1.29, 1.82) is 10.5 Å². The minimum Gasteiger partial charge on any atom is -0.198 e. The van der Waals surface area contributed by atoms with Crippen LogP contribution in [0.2, 0.25) is 0 Å². The highest BCUT2D eigenvalue weighted by molar-refractivity contribution is 5.70. The van der Waals surface area contributed by atoms with Crippen LogP contribution in [0.5, 0.6) is 0 Å². The van der Waals surface area contributed by atoms with Crippen LogP contribution in [0.25, 0.3) is 5.57 Å². The zero-order valence-corrected chi connectivity index (χ0v) is 10.4. The van der Waals surface area contributed by atoms with Crippen molar-refractivity contribution in [3.63, 3.8) is 0 Å². The van der Waals surface area contributed by atoms with Crippen molar-refractivity contribution in [2.45, 2.75) is 32.1 Å². The maximum absolute atomic E-state index is 9.21. The summed E-state index contributed by atoms with van der Waals surface area (Å²) in [5.41, 5.74) is 3.66. The Labute approximate surface area is 108 Å². The molecule has 1 aromatic carbocycles. The third kappa shape index (κ3) is 2.60. The summed E-state index contributed by atoms with van der Waals surface area (Å²) in [4.78, 5) is 0. The van der Waals surface area contributed by atoms with E-state index in [1.165, 1.54) is 16.7 Å². The van der Waals surface area contributed by atoms with E-state index in [0.717, 1.165) is 25.7 Å². The molecule has 2 heteroatoms. The fourth-order valence-electron chi connectivity index (χ4n) is 2.66. The Hall–Kier alpha value is -2.06. The van der Waals surface area contributed by atoms with Gasteiger partial charge in [-0.05, 0) is 42.4 Å². The summed E-state index contributed by atoms with van der Waals surface area (Å²) in [6.07, 6.45) is 4.35. The predicted octanol–water partition coefficient (Wildman–Crippen LogP) is 4.07. The number of allylic oxidation sites excluding steroid dienone is 2. The summed E-state index contributed by atoms with van der Waals surface area (Å²) in [6.45, 7) is 0. The first-order valence-electron chi connectivity index (χ1n) is 6.40. The van der Waals surface area contributed by atoms with Crippen molar-refractivity contribution in [1.82, 2.24) is 0 Å². The normalized spacial score (nSPS) is 21.1. The lowest BCUT2D eigenvalue weighted by molar-refractivity contribution is 0.777. The van der Waals surface area contributed by atoms with Crippen molar-refractivity contribution < 1.29 is 0 Å². The molecule has 0 radical (unpaired) electrons. The number of benzene rings is 1. The smallest absolute Gasteiger partial charge is 0.0700 e. The van der Waals surface area contributed by atoms with E-state index in [1.54, 1.807) is 0 Å². The second kappa shape index (κ2) is 6.03. The van der Waals surface area contributed by atoms with Crippen molar-refractivity contribution >= 4 is 5.57 Å². The Bertz CT molecular complexity index is 514. The molecule has 1 aliphatic rings. The Morgan fingerprint density at radius 3 is 2.67 bits per heavy atom. The molecule has 1 atom stereocenters. The van der Waals surface area contributed by atoms with Gasteiger partial charge < -0.3 is 0 Å². The second-order valence-electron chi connectivity index (χ2n) is 4.60. The zero-order valence-electron chi connectivity index (χ0n) is 10.4. The summed E-state index contributed by atoms with van der Waals surface area (Å²) in [6, 6.07) is 14.8. The van der Waals surface area contributed by atoms with E-state index in [9.17, 15) is 5.26 Å². The quantitative estimate of drug-likeness (QED) is 0.794. The zero-order chi connectivity index (χ0) is 12.8. The highest BCUT2D eigenvalue weighted by Gasteiger charge is 2.24. The van der Waals surface area contributed by atoms with Crippen LogP contribution in [-0.4, -0.2) is 0 Å². The molecule has 1 unspecified atom stereocenters. The Balaban J connectivity index is 2.40. The molecule has 0 aliphatic heterocycles. The largest absolute Gasteiger partial charge is 0.198 e. The fraction of sp³-hybridized carbons (Fsp3) is 0.375. The van der Waals surface area contributed by atoms with Crippen LogP contribution < -0.4 is 0 Å². The maximum Gasteiger partial charge on any atom is 0.0700 e. The van der Waals surface area contributed by atoms with E-state index < -0.39 is 0 Å². The van der Waals surface area contributed by atoms with Crippen LogP contribution in [0, 0.1) is 28.6 Å². The van der Waals surface area contributed by atoms with Crippen molar-refractivity contribution in [3.05, 3.63) is 41.5 Å². The molecule has 0 amide bonds. The molecule has 0 aromatic heterocycles. The summed E-state index contributed by atoms with van der Waals surface area (Å²) in [7, 11) is 0. The average Bonchev–Trinajstić information content (AvgIpc) is 2.89. The maximum atomic E-state index is 9.21. The van der Waals surface area contributed by atoms with Crippen LogP contribution in [0.3, 0.4) is 0 Å². The number of nitriles is 2. The molecule has 2 nitrogen and oxygen atoms in total. The van der Waals surface area contributed by atoms with Gasteiger partial charge in [0.05, 0.1) is 18.1 Å². The Kier molecular flexibility index (Phi) is 4.15. The van der Waals surface area contributed by atoms with Crippen LogP contribution in [0.15, 0.2) is 35.9 Å². The van der Waals surface area contributed by atoms with Gasteiger partial charge in [-0.3, -0.25) is 0 Å². The predicted molar refractivity (Wildman–Crippen MR) is 71.2 cm³/mol. The van der Waals surface area contributed by atoms with E-state index in [1.807, 2.05) is 18.2 Å². The van der Waals surface area contributed by atoms with E-state index in [0.29, 0.717) is 6.42 Å². The molecule has 0 N–H and O–H groups in total. The first-order valence-corrected chi connectivity index (χ1v) is 6.40. The van der Waals surface area contributed by atoms with Gasteiger partial charge in [0.25, 0.3) is 0 Å². The molecule has 90 valence electrons. The van der Waals surface area contributed by atoms with Gasteiger partial charge in [0.2, 0.25) is 0 Å². The highest BCUT2D eigenvalue weighted by atomic mass is 14.3. The van der Waals surface area contributed by atoms with Gasteiger partial charge in [0.15, 0.2) is 0 Å². The number of hydrogen-bond acceptors (Lipinski definition) is 2. The molecule has 1 aliphatic carbocycles. The van der Waals surface area contributed by atoms with Gasteiger partial charge in [0.1, 0.15) is 0 Å². The summed E-state index contributed by atoms with van der Waals surface area (Å²) in [5, 5.41) is 18.0. The molecule has 2 rings (SSSR count). The Morgan fingerprint density at radius 2 is 2.00 bits per heavy atom. The van der Waals surface area contributed by atoms with Gasteiger partial charge in [-0.15, -0.1) is 0 Å². The molecule has 0 saturated heterocycles. The standard InChI is InChI=1S/C16H16N2/c17-11-5-10-15(13-6-2-1-3-7-13)16-9-4-8-14(16)12-18/h1-3,6-7,14H,4-5,8-10H2/b16-15-. The van der Waals surface area contributed by atoms with Crippen LogP contribution in [-0.2, 0) is 0 Å². The van der Waals surface area contributed by atoms with Gasteiger partial charge in [0, 0.05) is 6.42 Å². The molecular weight excluding hydrogens is 220 g/mol. The van der Waals surface area contributed by atoms with Gasteiger partial charge in [-0.25, -0.2) is 0 Å². The third-order valence-corrected chi connectivity index (χ3v) is 3.51. The van der Waals surface area contributed by atoms with Gasteiger partial charge >= 0.3 is 0 Å². The third-order valence-electron chi connectivity index (χ3n) is 3.51. The minimum atomic E-state index is 0.0545. The Morgan fingerprint density at radius 1 is 1.22 bits per heavy atom. The average molecular weight is 236 g/mol. The number of hydrogen-bond donors (Lipinski definition) is 0. The monoisotopic (exact) mass is 236 g/mol. The summed E-state index contributed by atoms with van der Waals surface area (Å²) >= 11 is 0. The lowest BCUT2D eigenvalue weighted by Gasteiger charge is -2.13. The fourth-order valence-corrected chi connectivity index (χ4v) is 2.66. The van der Waals surface area contributed by atoms with Crippen LogP contribution in [0.1, 0.15) is 37.7 Å². The lowest BCUT2D eigenvalue weighted by atomic mass is 9.91. The second-order valence-corrected chi connectivity index (χ2v) is 4.60. The van der Waals surface area contributed by atoms with Crippen LogP contribution in [0.4, 0.5) is 0 Å². The van der Waals surface area contributed by atoms with Crippen molar-refractivity contribution in [2.75, 3.05) is 0 Å². The topological polar surface area (TPSA) is 47.6 Å². The molecule has 0 heterocycles. The molecule has 0 spiro atoms. The first-order chi connectivity index (χ1) is 8.86. The highest BCUT2D eigenvalue weighted by Crippen LogP contribution is 2.38. The van der Waals surface area contributed by atoms with Crippen LogP contribution >= 0.6 is 0 Å². The molecule has 18 heavy (non-hydrogen) atoms. The number of rotatable bonds is 3. The molecule has 1 saturated carbocycles. The molecule has 0 bridgehead atoms. The summed E-state index contributed by atoms with van der Waals surface area (Å²) < 4.78 is 0. The van der Waals surface area contributed by atoms with Gasteiger partial charge in [-0.1, -0.05) is 30.3 Å². The van der Waals surface area contributed by atoms with Crippen molar-refractivity contribution in [2.24, 2.45) is 5.92 Å². The molecule has 1 aromatic rings. The van der Waals surface area contributed by atoms with E-state index in [-0.39, 0.29) is 5.92 Å². The van der Waals surface area contributed by atoms with Crippen molar-refractivity contribution in [3.8, 4) is 12.1 Å².